The molecule has 1 atom stereocenters. The Morgan fingerprint density at radius 3 is 2.28 bits per heavy atom. The predicted octanol–water partition coefficient (Wildman–Crippen LogP) is 6.97. The molecular formula is C38H44F5N5O5. The summed E-state index contributed by atoms with van der Waals surface area (Å²) in [6.07, 6.45) is 3.83. The minimum absolute atomic E-state index is 0.111. The zero-order chi connectivity index (χ0) is 37.4. The summed E-state index contributed by atoms with van der Waals surface area (Å²) in [7, 11) is 1.55. The fourth-order valence-electron chi connectivity index (χ4n) is 10.4. The number of amides is 1. The van der Waals surface area contributed by atoms with Gasteiger partial charge in [-0.15, -0.1) is 0 Å². The van der Waals surface area contributed by atoms with Crippen LogP contribution in [0.25, 0.3) is 22.3 Å². The summed E-state index contributed by atoms with van der Waals surface area (Å²) in [5.74, 6) is -4.58. The van der Waals surface area contributed by atoms with Crippen LogP contribution in [0, 0.1) is 23.7 Å². The minimum Gasteiger partial charge on any atom is -0.490 e. The van der Waals surface area contributed by atoms with Gasteiger partial charge >= 0.3 is 12.1 Å². The van der Waals surface area contributed by atoms with Gasteiger partial charge in [0.25, 0.3) is 11.8 Å². The average Bonchev–Trinajstić information content (AvgIpc) is 3.47. The summed E-state index contributed by atoms with van der Waals surface area (Å²) in [5.41, 5.74) is -2.93. The number of methoxy groups -OCH3 is 1. The molecule has 10 nitrogen and oxygen atoms in total. The smallest absolute Gasteiger partial charge is 0.434 e. The van der Waals surface area contributed by atoms with Crippen molar-refractivity contribution in [3.8, 4) is 17.1 Å². The zero-order valence-corrected chi connectivity index (χ0v) is 29.7. The summed E-state index contributed by atoms with van der Waals surface area (Å²) >= 11 is 0. The first-order chi connectivity index (χ1) is 25.1. The second kappa shape index (κ2) is 13.2. The molecule has 0 unspecified atom stereocenters. The standard InChI is InChI=1S/C38H44F5N5O5/c1-20(17-52-2)48-16-30(28-8-7-27(14-31(28)48)53-26-5-3-25(4-6-26)47-18-36(39,40)19-47)33-44-15-29(32(45-33)38(41,42)43)34(49)46-37(35(50)51)23-10-21-9-22(12-23)13-24(37)11-21/h7-8,14-16,20-26H,3-6,9-13,17-19H2,1-2H3,(H,46,49)(H,50,51)/t20-,21?,22?,23?,24?,25?,26?,37?/m0/s1. The van der Waals surface area contributed by atoms with Gasteiger partial charge in [0.1, 0.15) is 11.3 Å². The van der Waals surface area contributed by atoms with Gasteiger partial charge in [0, 0.05) is 42.6 Å². The average molecular weight is 746 g/mol. The first kappa shape index (κ1) is 36.1. The molecule has 3 heterocycles. The Kier molecular flexibility index (Phi) is 8.98. The number of aromatic nitrogens is 3. The van der Waals surface area contributed by atoms with E-state index in [0.717, 1.165) is 25.5 Å². The van der Waals surface area contributed by atoms with Crippen molar-refractivity contribution in [3.05, 3.63) is 41.9 Å². The summed E-state index contributed by atoms with van der Waals surface area (Å²) in [4.78, 5) is 36.6. The van der Waals surface area contributed by atoms with Gasteiger partial charge in [-0.1, -0.05) is 0 Å². The molecule has 1 aromatic carbocycles. The number of carboxylic acid groups (broad SMARTS) is 1. The molecule has 53 heavy (non-hydrogen) atoms. The zero-order valence-electron chi connectivity index (χ0n) is 29.7. The van der Waals surface area contributed by atoms with Crippen molar-refractivity contribution in [3.63, 3.8) is 0 Å². The van der Waals surface area contributed by atoms with Crippen LogP contribution >= 0.6 is 0 Å². The number of ether oxygens (including phenoxy) is 2. The van der Waals surface area contributed by atoms with E-state index in [0.29, 0.717) is 79.2 Å². The van der Waals surface area contributed by atoms with Crippen molar-refractivity contribution in [1.82, 2.24) is 24.8 Å². The number of nitrogens with zero attached hydrogens (tertiary/aromatic N) is 4. The maximum atomic E-state index is 14.7. The fraction of sp³-hybridized carbons (Fsp3) is 0.632. The Labute approximate surface area is 303 Å². The normalized spacial score (nSPS) is 31.3. The monoisotopic (exact) mass is 745 g/mol. The lowest BCUT2D eigenvalue weighted by Gasteiger charge is -2.59. The third-order valence-electron chi connectivity index (χ3n) is 12.7. The van der Waals surface area contributed by atoms with Crippen LogP contribution in [0.1, 0.15) is 86.8 Å². The largest absolute Gasteiger partial charge is 0.490 e. The molecule has 1 amide bonds. The summed E-state index contributed by atoms with van der Waals surface area (Å²) in [5, 5.41) is 13.6. The molecule has 0 spiro atoms. The Hall–Kier alpha value is -3.85. The molecule has 1 aliphatic heterocycles. The van der Waals surface area contributed by atoms with E-state index in [9.17, 15) is 36.6 Å². The van der Waals surface area contributed by atoms with Crippen LogP contribution in [0.2, 0.25) is 0 Å². The molecule has 5 aliphatic carbocycles. The third kappa shape index (κ3) is 6.44. The lowest BCUT2D eigenvalue weighted by atomic mass is 9.48. The number of benzene rings is 1. The number of hydrogen-bond donors (Lipinski definition) is 2. The molecule has 6 aliphatic rings. The van der Waals surface area contributed by atoms with E-state index in [1.54, 1.807) is 25.4 Å². The quantitative estimate of drug-likeness (QED) is 0.214. The van der Waals surface area contributed by atoms with Gasteiger partial charge in [-0.05, 0) is 101 Å². The van der Waals surface area contributed by atoms with Crippen LogP contribution in [-0.2, 0) is 15.7 Å². The molecule has 0 radical (unpaired) electrons. The number of aliphatic carboxylic acids is 1. The molecule has 4 bridgehead atoms. The van der Waals surface area contributed by atoms with E-state index in [1.807, 2.05) is 22.5 Å². The van der Waals surface area contributed by atoms with Crippen molar-refractivity contribution < 1.29 is 46.1 Å². The van der Waals surface area contributed by atoms with Gasteiger partial charge in [0.05, 0.1) is 42.9 Å². The fourth-order valence-corrected chi connectivity index (χ4v) is 10.4. The molecule has 1 saturated heterocycles. The van der Waals surface area contributed by atoms with E-state index in [1.165, 1.54) is 0 Å². The Morgan fingerprint density at radius 1 is 1.04 bits per heavy atom. The van der Waals surface area contributed by atoms with Gasteiger partial charge in [0.2, 0.25) is 0 Å². The molecule has 286 valence electrons. The van der Waals surface area contributed by atoms with E-state index in [4.69, 9.17) is 9.47 Å². The molecular weight excluding hydrogens is 701 g/mol. The second-order valence-electron chi connectivity index (χ2n) is 16.1. The van der Waals surface area contributed by atoms with Gasteiger partial charge in [-0.25, -0.2) is 23.5 Å². The van der Waals surface area contributed by atoms with Crippen LogP contribution < -0.4 is 10.1 Å². The minimum atomic E-state index is -5.04. The highest BCUT2D eigenvalue weighted by Crippen LogP contribution is 2.58. The number of carboxylic acids is 1. The molecule has 5 saturated carbocycles. The highest BCUT2D eigenvalue weighted by atomic mass is 19.4. The lowest BCUT2D eigenvalue weighted by molar-refractivity contribution is -0.163. The summed E-state index contributed by atoms with van der Waals surface area (Å²) in [6, 6.07) is 5.17. The summed E-state index contributed by atoms with van der Waals surface area (Å²) in [6.45, 7) is 1.81. The molecule has 2 aromatic heterocycles. The topological polar surface area (TPSA) is 119 Å². The third-order valence-corrected chi connectivity index (χ3v) is 12.7. The van der Waals surface area contributed by atoms with Crippen LogP contribution in [-0.4, -0.2) is 86.8 Å². The number of halogens is 5. The maximum Gasteiger partial charge on any atom is 0.434 e. The van der Waals surface area contributed by atoms with Gasteiger partial charge in [0.15, 0.2) is 11.5 Å². The molecule has 9 rings (SSSR count). The highest BCUT2D eigenvalue weighted by molar-refractivity contribution is 6.00. The number of nitrogens with one attached hydrogen (secondary N) is 1. The lowest BCUT2D eigenvalue weighted by Crippen LogP contribution is -2.70. The van der Waals surface area contributed by atoms with Crippen molar-refractivity contribution in [1.29, 1.82) is 0 Å². The van der Waals surface area contributed by atoms with Gasteiger partial charge in [-0.3, -0.25) is 9.69 Å². The molecule has 15 heteroatoms. The predicted molar refractivity (Wildman–Crippen MR) is 183 cm³/mol. The van der Waals surface area contributed by atoms with Gasteiger partial charge in [-0.2, -0.15) is 13.2 Å². The van der Waals surface area contributed by atoms with Crippen LogP contribution in [0.5, 0.6) is 5.75 Å². The van der Waals surface area contributed by atoms with E-state index in [-0.39, 0.29) is 48.9 Å². The van der Waals surface area contributed by atoms with Crippen molar-refractivity contribution in [2.45, 2.75) is 101 Å². The molecule has 2 N–H and O–H groups in total. The van der Waals surface area contributed by atoms with Crippen molar-refractivity contribution in [2.75, 3.05) is 26.8 Å². The Bertz CT molecular complexity index is 1870. The number of hydrogen-bond acceptors (Lipinski definition) is 7. The SMILES string of the molecule is COC[C@H](C)n1cc(-c2ncc(C(=O)NC3(C(=O)O)C4CC5CC(C4)CC3C5)c(C(F)(F)F)n2)c2ccc(OC3CCC(N4CC(F)(F)C4)CC3)cc21. The first-order valence-electron chi connectivity index (χ1n) is 18.6. The van der Waals surface area contributed by atoms with Crippen LogP contribution in [0.15, 0.2) is 30.6 Å². The summed E-state index contributed by atoms with van der Waals surface area (Å²) < 4.78 is 84.5. The maximum absolute atomic E-state index is 14.7. The number of carbonyl (C=O) groups is 2. The number of alkyl halides is 5. The Balaban J connectivity index is 1.07. The molecule has 6 fully saturated rings. The van der Waals surface area contributed by atoms with E-state index in [2.05, 4.69) is 15.3 Å². The number of rotatable bonds is 10. The van der Waals surface area contributed by atoms with Crippen LogP contribution in [0.4, 0.5) is 22.0 Å². The van der Waals surface area contributed by atoms with Crippen molar-refractivity contribution in [2.24, 2.45) is 23.7 Å². The van der Waals surface area contributed by atoms with Crippen LogP contribution in [0.3, 0.4) is 0 Å². The second-order valence-corrected chi connectivity index (χ2v) is 16.1. The number of carbonyl (C=O) groups excluding carboxylic acids is 1. The van der Waals surface area contributed by atoms with E-state index < -0.39 is 40.8 Å². The molecule has 3 aromatic rings. The number of fused-ring (bicyclic) bond motifs is 1. The van der Waals surface area contributed by atoms with Gasteiger partial charge < -0.3 is 24.5 Å². The van der Waals surface area contributed by atoms with Crippen molar-refractivity contribution >= 4 is 22.8 Å². The van der Waals surface area contributed by atoms with E-state index >= 15 is 0 Å². The first-order valence-corrected chi connectivity index (χ1v) is 18.6. The highest BCUT2D eigenvalue weighted by Gasteiger charge is 2.62. The Morgan fingerprint density at radius 2 is 1.70 bits per heavy atom. The number of likely N-dealkylation sites (tertiary alicyclic amines) is 1.